The van der Waals surface area contributed by atoms with Crippen molar-refractivity contribution >= 4 is 27.5 Å². The SMILES string of the molecule is O=C(CSc1ncc(S(=O)(=O)c2cccc(C(F)(F)F)c2)c(=O)[nH]1)NCc1ccc2c(c1)OCO2. The van der Waals surface area contributed by atoms with Crippen molar-refractivity contribution in [3.8, 4) is 11.5 Å². The number of aromatic nitrogens is 2. The number of ether oxygens (including phenoxy) is 2. The lowest BCUT2D eigenvalue weighted by molar-refractivity contribution is -0.137. The highest BCUT2D eigenvalue weighted by Gasteiger charge is 2.32. The van der Waals surface area contributed by atoms with Crippen molar-refractivity contribution in [2.45, 2.75) is 27.7 Å². The van der Waals surface area contributed by atoms with Crippen LogP contribution >= 0.6 is 11.8 Å². The fourth-order valence-electron chi connectivity index (χ4n) is 3.03. The molecule has 14 heteroatoms. The Morgan fingerprint density at radius 1 is 1.14 bits per heavy atom. The molecule has 0 fully saturated rings. The minimum Gasteiger partial charge on any atom is -0.454 e. The van der Waals surface area contributed by atoms with E-state index in [0.717, 1.165) is 41.7 Å². The number of fused-ring (bicyclic) bond motifs is 1. The minimum absolute atomic E-state index is 0.0313. The monoisotopic (exact) mass is 527 g/mol. The van der Waals surface area contributed by atoms with Crippen LogP contribution in [0.3, 0.4) is 0 Å². The number of carbonyl (C=O) groups excluding carboxylic acids is 1. The molecule has 2 aromatic carbocycles. The van der Waals surface area contributed by atoms with Crippen LogP contribution in [0.15, 0.2) is 68.4 Å². The first kappa shape index (κ1) is 24.6. The summed E-state index contributed by atoms with van der Waals surface area (Å²) < 4.78 is 74.6. The molecule has 184 valence electrons. The largest absolute Gasteiger partial charge is 0.454 e. The Balaban J connectivity index is 1.39. The lowest BCUT2D eigenvalue weighted by atomic mass is 10.2. The highest BCUT2D eigenvalue weighted by molar-refractivity contribution is 7.99. The number of alkyl halides is 3. The summed E-state index contributed by atoms with van der Waals surface area (Å²) in [7, 11) is -4.56. The van der Waals surface area contributed by atoms with E-state index in [4.69, 9.17) is 9.47 Å². The van der Waals surface area contributed by atoms with Crippen molar-refractivity contribution in [1.82, 2.24) is 15.3 Å². The van der Waals surface area contributed by atoms with Crippen LogP contribution in [0.2, 0.25) is 0 Å². The number of nitrogens with zero attached hydrogens (tertiary/aromatic N) is 1. The number of thioether (sulfide) groups is 1. The van der Waals surface area contributed by atoms with Gasteiger partial charge in [-0.05, 0) is 35.9 Å². The van der Waals surface area contributed by atoms with Crippen LogP contribution in [0.4, 0.5) is 13.2 Å². The van der Waals surface area contributed by atoms with E-state index in [-0.39, 0.29) is 30.2 Å². The van der Waals surface area contributed by atoms with E-state index in [0.29, 0.717) is 17.6 Å². The molecular weight excluding hydrogens is 511 g/mol. The molecule has 2 heterocycles. The topological polar surface area (TPSA) is 127 Å². The van der Waals surface area contributed by atoms with Crippen LogP contribution in [0.25, 0.3) is 0 Å². The number of halogens is 3. The highest BCUT2D eigenvalue weighted by atomic mass is 32.2. The van der Waals surface area contributed by atoms with Crippen LogP contribution < -0.4 is 20.3 Å². The summed E-state index contributed by atoms with van der Waals surface area (Å²) in [5.74, 6) is 0.681. The summed E-state index contributed by atoms with van der Waals surface area (Å²) in [5.41, 5.74) is -1.45. The van der Waals surface area contributed by atoms with Gasteiger partial charge in [0.15, 0.2) is 21.6 Å². The molecule has 0 bridgehead atoms. The van der Waals surface area contributed by atoms with Crippen molar-refractivity contribution < 1.29 is 35.9 Å². The Morgan fingerprint density at radius 3 is 2.66 bits per heavy atom. The summed E-state index contributed by atoms with van der Waals surface area (Å²) in [5, 5.41) is 2.65. The zero-order valence-corrected chi connectivity index (χ0v) is 19.2. The van der Waals surface area contributed by atoms with Gasteiger partial charge >= 0.3 is 6.18 Å². The Bertz CT molecular complexity index is 1440. The molecule has 2 N–H and O–H groups in total. The van der Waals surface area contributed by atoms with E-state index in [1.807, 2.05) is 0 Å². The zero-order valence-electron chi connectivity index (χ0n) is 17.6. The molecule has 35 heavy (non-hydrogen) atoms. The second kappa shape index (κ2) is 9.62. The Kier molecular flexibility index (Phi) is 6.76. The van der Waals surface area contributed by atoms with Crippen LogP contribution in [-0.2, 0) is 27.4 Å². The number of nitrogens with one attached hydrogen (secondary N) is 2. The van der Waals surface area contributed by atoms with Gasteiger partial charge in [0.2, 0.25) is 22.5 Å². The molecule has 9 nitrogen and oxygen atoms in total. The van der Waals surface area contributed by atoms with Crippen molar-refractivity contribution in [2.24, 2.45) is 0 Å². The van der Waals surface area contributed by atoms with Crippen molar-refractivity contribution in [3.05, 3.63) is 70.1 Å². The first-order chi connectivity index (χ1) is 16.5. The first-order valence-corrected chi connectivity index (χ1v) is 12.3. The number of hydrogen-bond donors (Lipinski definition) is 2. The zero-order chi connectivity index (χ0) is 25.2. The second-order valence-electron chi connectivity index (χ2n) is 7.16. The van der Waals surface area contributed by atoms with Gasteiger partial charge in [-0.25, -0.2) is 13.4 Å². The van der Waals surface area contributed by atoms with Gasteiger partial charge < -0.3 is 19.8 Å². The van der Waals surface area contributed by atoms with Crippen LogP contribution in [0.5, 0.6) is 11.5 Å². The quantitative estimate of drug-likeness (QED) is 0.355. The fraction of sp³-hybridized carbons (Fsp3) is 0.190. The maximum absolute atomic E-state index is 12.9. The molecule has 0 spiro atoms. The molecule has 3 aromatic rings. The van der Waals surface area contributed by atoms with Crippen molar-refractivity contribution in [2.75, 3.05) is 12.5 Å². The van der Waals surface area contributed by atoms with Crippen LogP contribution in [-0.4, -0.2) is 36.8 Å². The Morgan fingerprint density at radius 2 is 1.91 bits per heavy atom. The van der Waals surface area contributed by atoms with Gasteiger partial charge in [0, 0.05) is 6.54 Å². The van der Waals surface area contributed by atoms with Gasteiger partial charge in [0.05, 0.1) is 22.4 Å². The lowest BCUT2D eigenvalue weighted by Crippen LogP contribution is -2.25. The number of carbonyl (C=O) groups is 1. The third-order valence-corrected chi connectivity index (χ3v) is 7.40. The normalized spacial score (nSPS) is 13.0. The number of hydrogen-bond acceptors (Lipinski definition) is 8. The van der Waals surface area contributed by atoms with Crippen LogP contribution in [0, 0.1) is 0 Å². The summed E-state index contributed by atoms with van der Waals surface area (Å²) in [6, 6.07) is 8.28. The molecule has 0 radical (unpaired) electrons. The predicted molar refractivity (Wildman–Crippen MR) is 117 cm³/mol. The van der Waals surface area contributed by atoms with Gasteiger partial charge in [-0.3, -0.25) is 9.59 Å². The van der Waals surface area contributed by atoms with Gasteiger partial charge in [0.1, 0.15) is 0 Å². The molecular formula is C21H16F3N3O6S2. The molecule has 1 amide bonds. The number of benzene rings is 2. The molecule has 0 saturated carbocycles. The van der Waals surface area contributed by atoms with E-state index < -0.39 is 36.9 Å². The first-order valence-electron chi connectivity index (χ1n) is 9.84. The van der Waals surface area contributed by atoms with Gasteiger partial charge in [-0.1, -0.05) is 23.9 Å². The fourth-order valence-corrected chi connectivity index (χ4v) is 4.98. The lowest BCUT2D eigenvalue weighted by Gasteiger charge is -2.09. The third kappa shape index (κ3) is 5.59. The second-order valence-corrected chi connectivity index (χ2v) is 10.0. The molecule has 0 saturated heterocycles. The van der Waals surface area contributed by atoms with E-state index in [1.54, 1.807) is 18.2 Å². The van der Waals surface area contributed by atoms with E-state index >= 15 is 0 Å². The molecule has 1 aliphatic heterocycles. The third-order valence-electron chi connectivity index (χ3n) is 4.77. The Hall–Kier alpha value is -3.52. The van der Waals surface area contributed by atoms with Crippen molar-refractivity contribution in [3.63, 3.8) is 0 Å². The number of rotatable bonds is 7. The van der Waals surface area contributed by atoms with E-state index in [1.165, 1.54) is 0 Å². The standard InChI is InChI=1S/C21H16F3N3O6S2/c22-21(23,24)13-2-1-3-14(7-13)35(30,31)17-9-26-20(27-19(17)29)34-10-18(28)25-8-12-4-5-15-16(6-12)33-11-32-15/h1-7,9H,8,10-11H2,(H,25,28)(H,26,27,29). The molecule has 1 aromatic heterocycles. The summed E-state index contributed by atoms with van der Waals surface area (Å²) >= 11 is 0.852. The van der Waals surface area contributed by atoms with E-state index in [2.05, 4.69) is 15.3 Å². The number of amides is 1. The highest BCUT2D eigenvalue weighted by Crippen LogP contribution is 2.33. The van der Waals surface area contributed by atoms with Crippen LogP contribution in [0.1, 0.15) is 11.1 Å². The van der Waals surface area contributed by atoms with Gasteiger partial charge in [-0.15, -0.1) is 0 Å². The maximum atomic E-state index is 12.9. The average molecular weight is 528 g/mol. The summed E-state index contributed by atoms with van der Waals surface area (Å²) in [6.07, 6.45) is -4.00. The number of H-pyrrole nitrogens is 1. The van der Waals surface area contributed by atoms with Gasteiger partial charge in [-0.2, -0.15) is 13.2 Å². The molecule has 0 aliphatic carbocycles. The smallest absolute Gasteiger partial charge is 0.416 e. The van der Waals surface area contributed by atoms with Gasteiger partial charge in [0.25, 0.3) is 5.56 Å². The number of aromatic amines is 1. The molecule has 1 aliphatic rings. The minimum atomic E-state index is -4.75. The summed E-state index contributed by atoms with van der Waals surface area (Å²) in [4.78, 5) is 29.1. The molecule has 4 rings (SSSR count). The molecule has 0 unspecified atom stereocenters. The maximum Gasteiger partial charge on any atom is 0.416 e. The number of sulfone groups is 1. The van der Waals surface area contributed by atoms with E-state index in [9.17, 15) is 31.2 Å². The predicted octanol–water partition coefficient (Wildman–Crippen LogP) is 2.76. The molecule has 0 atom stereocenters. The average Bonchev–Trinajstić information content (AvgIpc) is 3.29. The van der Waals surface area contributed by atoms with Crippen molar-refractivity contribution in [1.29, 1.82) is 0 Å². The summed E-state index contributed by atoms with van der Waals surface area (Å²) in [6.45, 7) is 0.348. The Labute approximate surface area is 200 Å².